The Kier molecular flexibility index (Phi) is 28.1. The van der Waals surface area contributed by atoms with Gasteiger partial charge in [0, 0.05) is 6.42 Å². The van der Waals surface area contributed by atoms with Gasteiger partial charge in [0.05, 0.1) is 30.5 Å². The van der Waals surface area contributed by atoms with Crippen molar-refractivity contribution in [1.82, 2.24) is 0 Å². The van der Waals surface area contributed by atoms with E-state index in [2.05, 4.69) is 13.2 Å². The number of nitriles is 3. The van der Waals surface area contributed by atoms with Crippen LogP contribution in [-0.2, 0) is 0 Å². The molecular weight excluding hydrogens is 222 g/mol. The Labute approximate surface area is 111 Å². The first-order valence-electron chi connectivity index (χ1n) is 5.62. The number of allylic oxidation sites excluding steroid dienone is 4. The molecule has 3 heteroatoms. The van der Waals surface area contributed by atoms with E-state index in [4.69, 9.17) is 15.8 Å². The highest BCUT2D eigenvalue weighted by molar-refractivity contribution is 4.91. The molecule has 0 aromatic rings. The van der Waals surface area contributed by atoms with Crippen LogP contribution < -0.4 is 0 Å². The van der Waals surface area contributed by atoms with Crippen molar-refractivity contribution in [2.24, 2.45) is 5.92 Å². The molecule has 0 bridgehead atoms. The molecule has 0 aromatic heterocycles. The van der Waals surface area contributed by atoms with Crippen molar-refractivity contribution in [2.45, 2.75) is 33.1 Å². The van der Waals surface area contributed by atoms with Gasteiger partial charge in [0.25, 0.3) is 0 Å². The second kappa shape index (κ2) is 24.1. The zero-order chi connectivity index (χ0) is 14.6. The minimum Gasteiger partial charge on any atom is -0.198 e. The fourth-order valence-corrected chi connectivity index (χ4v) is 0.390. The van der Waals surface area contributed by atoms with E-state index in [1.165, 1.54) is 0 Å². The van der Waals surface area contributed by atoms with Crippen molar-refractivity contribution in [3.63, 3.8) is 0 Å². The summed E-state index contributed by atoms with van der Waals surface area (Å²) in [5.41, 5.74) is 0. The van der Waals surface area contributed by atoms with Crippen LogP contribution in [0, 0.1) is 39.9 Å². The molecule has 0 amide bonds. The summed E-state index contributed by atoms with van der Waals surface area (Å²) in [4.78, 5) is 0. The summed E-state index contributed by atoms with van der Waals surface area (Å²) in [7, 11) is 0. The lowest BCUT2D eigenvalue weighted by Crippen LogP contribution is -1.76. The van der Waals surface area contributed by atoms with Gasteiger partial charge in [-0.25, -0.2) is 0 Å². The normalized spacial score (nSPS) is 9.06. The molecule has 96 valence electrons. The van der Waals surface area contributed by atoms with Crippen molar-refractivity contribution < 1.29 is 0 Å². The third-order valence-electron chi connectivity index (χ3n) is 1.46. The highest BCUT2D eigenvalue weighted by Crippen LogP contribution is 1.87. The topological polar surface area (TPSA) is 71.4 Å². The smallest absolute Gasteiger partial charge is 0.0694 e. The van der Waals surface area contributed by atoms with E-state index < -0.39 is 0 Å². The molecule has 0 saturated heterocycles. The number of unbranched alkanes of at least 4 members (excludes halogenated alkanes) is 1. The second-order valence-electron chi connectivity index (χ2n) is 3.07. The van der Waals surface area contributed by atoms with Gasteiger partial charge in [-0.3, -0.25) is 0 Å². The molecule has 0 rings (SSSR count). The minimum atomic E-state index is 0.00463. The maximum atomic E-state index is 8.01. The molecule has 0 N–H and O–H groups in total. The lowest BCUT2D eigenvalue weighted by atomic mass is 10.2. The Morgan fingerprint density at radius 1 is 1.17 bits per heavy atom. The summed E-state index contributed by atoms with van der Waals surface area (Å²) >= 11 is 0. The maximum absolute atomic E-state index is 8.01. The van der Waals surface area contributed by atoms with Crippen LogP contribution in [0.4, 0.5) is 0 Å². The molecule has 0 aliphatic heterocycles. The van der Waals surface area contributed by atoms with Crippen molar-refractivity contribution in [3.8, 4) is 18.2 Å². The Bertz CT molecular complexity index is 334. The molecule has 0 radical (unpaired) electrons. The predicted molar refractivity (Wildman–Crippen MR) is 75.1 cm³/mol. The van der Waals surface area contributed by atoms with Crippen molar-refractivity contribution in [3.05, 3.63) is 37.5 Å². The molecule has 0 aromatic carbocycles. The quantitative estimate of drug-likeness (QED) is 0.546. The van der Waals surface area contributed by atoms with Gasteiger partial charge < -0.3 is 0 Å². The Balaban J connectivity index is -0.000000187. The van der Waals surface area contributed by atoms with Crippen LogP contribution in [0.15, 0.2) is 37.5 Å². The molecule has 0 heterocycles. The average molecular weight is 243 g/mol. The molecular formula is C15H21N3. The summed E-state index contributed by atoms with van der Waals surface area (Å²) < 4.78 is 0. The first-order valence-corrected chi connectivity index (χ1v) is 5.62. The average Bonchev–Trinajstić information content (AvgIpc) is 2.43. The van der Waals surface area contributed by atoms with Crippen molar-refractivity contribution in [2.75, 3.05) is 0 Å². The van der Waals surface area contributed by atoms with E-state index in [1.54, 1.807) is 19.1 Å². The van der Waals surface area contributed by atoms with E-state index in [9.17, 15) is 0 Å². The molecule has 18 heavy (non-hydrogen) atoms. The van der Waals surface area contributed by atoms with Crippen LogP contribution in [0.5, 0.6) is 0 Å². The third kappa shape index (κ3) is 37.3. The molecule has 0 aliphatic rings. The number of rotatable bonds is 4. The largest absolute Gasteiger partial charge is 0.198 e. The van der Waals surface area contributed by atoms with Gasteiger partial charge >= 0.3 is 0 Å². The van der Waals surface area contributed by atoms with Crippen LogP contribution in [-0.4, -0.2) is 0 Å². The second-order valence-corrected chi connectivity index (χ2v) is 3.07. The SMILES string of the molecule is C=CC(C)C#N.C=CCCC#N.CC=CCC#N. The van der Waals surface area contributed by atoms with E-state index in [1.807, 2.05) is 37.3 Å². The number of hydrogen-bond donors (Lipinski definition) is 0. The van der Waals surface area contributed by atoms with Gasteiger partial charge in [-0.1, -0.05) is 24.3 Å². The number of nitrogens with zero attached hydrogens (tertiary/aromatic N) is 3. The van der Waals surface area contributed by atoms with Gasteiger partial charge in [-0.05, 0) is 20.3 Å². The Hall–Kier alpha value is -2.31. The van der Waals surface area contributed by atoms with Gasteiger partial charge in [0.1, 0.15) is 0 Å². The lowest BCUT2D eigenvalue weighted by molar-refractivity contribution is 0.960. The highest BCUT2D eigenvalue weighted by atomic mass is 14.2. The summed E-state index contributed by atoms with van der Waals surface area (Å²) in [6.07, 6.45) is 8.99. The summed E-state index contributed by atoms with van der Waals surface area (Å²) in [6, 6.07) is 5.98. The van der Waals surface area contributed by atoms with E-state index in [0.717, 1.165) is 6.42 Å². The highest BCUT2D eigenvalue weighted by Gasteiger charge is 1.83. The summed E-state index contributed by atoms with van der Waals surface area (Å²) in [6.45, 7) is 10.6. The van der Waals surface area contributed by atoms with Crippen LogP contribution in [0.2, 0.25) is 0 Å². The van der Waals surface area contributed by atoms with Gasteiger partial charge in [0.2, 0.25) is 0 Å². The van der Waals surface area contributed by atoms with Crippen molar-refractivity contribution >= 4 is 0 Å². The summed E-state index contributed by atoms with van der Waals surface area (Å²) in [5.74, 6) is 0.00463. The first kappa shape index (κ1) is 21.0. The van der Waals surface area contributed by atoms with Crippen LogP contribution in [0.1, 0.15) is 33.1 Å². The van der Waals surface area contributed by atoms with E-state index in [0.29, 0.717) is 12.8 Å². The Morgan fingerprint density at radius 3 is 1.89 bits per heavy atom. The standard InChI is InChI=1S/3C5H7N/c1-3-5(2)4-6;2*1-2-3-4-5-6/h3,5H,1H2,2H3;2-3H,4H2,1H3;2H,1,3-4H2. The molecule has 1 unspecified atom stereocenters. The first-order chi connectivity index (χ1) is 8.64. The molecule has 0 saturated carbocycles. The zero-order valence-electron chi connectivity index (χ0n) is 11.3. The lowest BCUT2D eigenvalue weighted by Gasteiger charge is -1.80. The molecule has 0 aliphatic carbocycles. The molecule has 0 spiro atoms. The molecule has 1 atom stereocenters. The number of hydrogen-bond acceptors (Lipinski definition) is 3. The van der Waals surface area contributed by atoms with E-state index >= 15 is 0 Å². The predicted octanol–water partition coefficient (Wildman–Crippen LogP) is 4.28. The van der Waals surface area contributed by atoms with Gasteiger partial charge in [0.15, 0.2) is 0 Å². The molecule has 0 fully saturated rings. The van der Waals surface area contributed by atoms with E-state index in [-0.39, 0.29) is 5.92 Å². The molecule has 3 nitrogen and oxygen atoms in total. The van der Waals surface area contributed by atoms with Gasteiger partial charge in [-0.2, -0.15) is 15.8 Å². The maximum Gasteiger partial charge on any atom is 0.0694 e. The van der Waals surface area contributed by atoms with Crippen LogP contribution in [0.25, 0.3) is 0 Å². The van der Waals surface area contributed by atoms with Crippen LogP contribution in [0.3, 0.4) is 0 Å². The summed E-state index contributed by atoms with van der Waals surface area (Å²) in [5, 5.41) is 23.8. The Morgan fingerprint density at radius 2 is 1.78 bits per heavy atom. The van der Waals surface area contributed by atoms with Crippen LogP contribution >= 0.6 is 0 Å². The zero-order valence-corrected chi connectivity index (χ0v) is 11.3. The fourth-order valence-electron chi connectivity index (χ4n) is 0.390. The van der Waals surface area contributed by atoms with Crippen molar-refractivity contribution in [1.29, 1.82) is 15.8 Å². The third-order valence-corrected chi connectivity index (χ3v) is 1.46. The van der Waals surface area contributed by atoms with Gasteiger partial charge in [-0.15, -0.1) is 13.2 Å². The minimum absolute atomic E-state index is 0.00463. The fraction of sp³-hybridized carbons (Fsp3) is 0.400. The monoisotopic (exact) mass is 243 g/mol.